The molecule has 9 nitrogen and oxygen atoms in total. The molecule has 0 heterocycles. The molecule has 2 N–H and O–H groups in total. The third kappa shape index (κ3) is 8.12. The third-order valence-electron chi connectivity index (χ3n) is 4.91. The maximum atomic E-state index is 12.5. The van der Waals surface area contributed by atoms with Crippen molar-refractivity contribution in [2.24, 2.45) is 5.10 Å². The van der Waals surface area contributed by atoms with Crippen LogP contribution in [0.2, 0.25) is 5.02 Å². The molecule has 0 aliphatic heterocycles. The van der Waals surface area contributed by atoms with Crippen molar-refractivity contribution >= 4 is 51.2 Å². The molecule has 0 radical (unpaired) electrons. The molecule has 0 saturated carbocycles. The molecule has 11 heteroatoms. The van der Waals surface area contributed by atoms with E-state index in [1.165, 1.54) is 13.3 Å². The lowest BCUT2D eigenvalue weighted by Crippen LogP contribution is -2.20. The summed E-state index contributed by atoms with van der Waals surface area (Å²) in [5.74, 6) is 1.00. The Bertz CT molecular complexity index is 1300. The molecule has 3 aromatic carbocycles. The Kier molecular flexibility index (Phi) is 10.8. The van der Waals surface area contributed by atoms with Gasteiger partial charge in [0.25, 0.3) is 11.8 Å². The normalized spacial score (nSPS) is 10.7. The highest BCUT2D eigenvalue weighted by atomic mass is 79.9. The number of carbonyl (C=O) groups excluding carboxylic acids is 2. The zero-order chi connectivity index (χ0) is 27.5. The maximum absolute atomic E-state index is 12.5. The highest BCUT2D eigenvalue weighted by Crippen LogP contribution is 2.36. The van der Waals surface area contributed by atoms with Crippen LogP contribution in [0.1, 0.15) is 29.8 Å². The van der Waals surface area contributed by atoms with E-state index in [-0.39, 0.29) is 12.5 Å². The molecule has 0 saturated heterocycles. The van der Waals surface area contributed by atoms with Gasteiger partial charge in [0, 0.05) is 16.3 Å². The summed E-state index contributed by atoms with van der Waals surface area (Å²) in [6.07, 6.45) is 1.47. The molecule has 0 aliphatic rings. The summed E-state index contributed by atoms with van der Waals surface area (Å²) < 4.78 is 22.7. The number of halogens is 2. The molecular weight excluding hydrogens is 578 g/mol. The number of amides is 2. The maximum Gasteiger partial charge on any atom is 0.271 e. The van der Waals surface area contributed by atoms with Gasteiger partial charge in [0.1, 0.15) is 0 Å². The van der Waals surface area contributed by atoms with E-state index in [2.05, 4.69) is 31.8 Å². The fourth-order valence-electron chi connectivity index (χ4n) is 3.25. The lowest BCUT2D eigenvalue weighted by molar-refractivity contribution is -0.118. The monoisotopic (exact) mass is 603 g/mol. The Labute approximate surface area is 234 Å². The Morgan fingerprint density at radius 2 is 1.66 bits per heavy atom. The van der Waals surface area contributed by atoms with E-state index in [1.54, 1.807) is 54.6 Å². The van der Waals surface area contributed by atoms with Gasteiger partial charge in [-0.2, -0.15) is 5.10 Å². The van der Waals surface area contributed by atoms with Crippen LogP contribution in [0.25, 0.3) is 0 Å². The van der Waals surface area contributed by atoms with E-state index >= 15 is 0 Å². The smallest absolute Gasteiger partial charge is 0.271 e. The van der Waals surface area contributed by atoms with Crippen LogP contribution in [0.15, 0.2) is 64.2 Å². The average molecular weight is 605 g/mol. The summed E-state index contributed by atoms with van der Waals surface area (Å²) in [7, 11) is 1.50. The summed E-state index contributed by atoms with van der Waals surface area (Å²) in [6, 6.07) is 15.0. The number of methoxy groups -OCH3 is 1. The van der Waals surface area contributed by atoms with Gasteiger partial charge in [-0.3, -0.25) is 9.59 Å². The van der Waals surface area contributed by atoms with Gasteiger partial charge in [0.2, 0.25) is 0 Å². The molecule has 3 rings (SSSR count). The van der Waals surface area contributed by atoms with E-state index in [0.29, 0.717) is 62.5 Å². The van der Waals surface area contributed by atoms with Crippen molar-refractivity contribution in [2.45, 2.75) is 13.8 Å². The van der Waals surface area contributed by atoms with Gasteiger partial charge in [-0.25, -0.2) is 5.43 Å². The number of nitrogens with zero attached hydrogens (tertiary/aromatic N) is 1. The fraction of sp³-hybridized carbons (Fsp3) is 0.222. The van der Waals surface area contributed by atoms with Crippen LogP contribution in [0, 0.1) is 0 Å². The number of nitrogens with one attached hydrogen (secondary N) is 2. The van der Waals surface area contributed by atoms with Crippen LogP contribution in [0.4, 0.5) is 5.69 Å². The van der Waals surface area contributed by atoms with Gasteiger partial charge in [-0.1, -0.05) is 11.6 Å². The van der Waals surface area contributed by atoms with Crippen molar-refractivity contribution in [1.29, 1.82) is 0 Å². The minimum atomic E-state index is -0.418. The van der Waals surface area contributed by atoms with E-state index in [1.807, 2.05) is 13.8 Å². The summed E-state index contributed by atoms with van der Waals surface area (Å²) in [6.45, 7) is 4.30. The largest absolute Gasteiger partial charge is 0.493 e. The Hall–Kier alpha value is -3.76. The molecule has 0 aliphatic carbocycles. The summed E-state index contributed by atoms with van der Waals surface area (Å²) in [5, 5.41) is 7.35. The molecule has 200 valence electrons. The zero-order valence-corrected chi connectivity index (χ0v) is 23.4. The number of ether oxygens (including phenoxy) is 4. The Balaban J connectivity index is 1.66. The number of hydrogen-bond acceptors (Lipinski definition) is 7. The molecule has 38 heavy (non-hydrogen) atoms. The van der Waals surface area contributed by atoms with Crippen LogP contribution in [0.5, 0.6) is 23.0 Å². The van der Waals surface area contributed by atoms with Gasteiger partial charge in [-0.15, -0.1) is 0 Å². The fourth-order valence-corrected chi connectivity index (χ4v) is 3.95. The second-order valence-corrected chi connectivity index (χ2v) is 8.90. The second-order valence-electron chi connectivity index (χ2n) is 7.60. The first-order chi connectivity index (χ1) is 18.3. The van der Waals surface area contributed by atoms with Crippen molar-refractivity contribution in [2.75, 3.05) is 32.2 Å². The summed E-state index contributed by atoms with van der Waals surface area (Å²) in [5.41, 5.74) is 4.08. The van der Waals surface area contributed by atoms with Gasteiger partial charge in [0.05, 0.1) is 31.0 Å². The van der Waals surface area contributed by atoms with Gasteiger partial charge < -0.3 is 24.3 Å². The van der Waals surface area contributed by atoms with Gasteiger partial charge in [0.15, 0.2) is 29.6 Å². The SMILES string of the molecule is CCOc1ccc(C(=O)N/N=C/c2cc(Br)c(OCC(=O)Nc3ccc(Cl)cc3)c(OCC)c2)cc1OC. The van der Waals surface area contributed by atoms with Crippen molar-refractivity contribution in [3.63, 3.8) is 0 Å². The summed E-state index contributed by atoms with van der Waals surface area (Å²) in [4.78, 5) is 24.9. The van der Waals surface area contributed by atoms with Gasteiger partial charge in [-0.05, 0) is 89.9 Å². The van der Waals surface area contributed by atoms with Crippen LogP contribution in [-0.4, -0.2) is 45.0 Å². The second kappa shape index (κ2) is 14.3. The highest BCUT2D eigenvalue weighted by molar-refractivity contribution is 9.10. The topological polar surface area (TPSA) is 107 Å². The van der Waals surface area contributed by atoms with E-state index in [9.17, 15) is 9.59 Å². The molecule has 0 unspecified atom stereocenters. The first-order valence-electron chi connectivity index (χ1n) is 11.6. The lowest BCUT2D eigenvalue weighted by atomic mass is 10.2. The number of rotatable bonds is 12. The molecule has 0 atom stereocenters. The number of hydrazone groups is 1. The standard InChI is InChI=1S/C27H27BrClN3O6/c1-4-36-22-11-6-18(14-23(22)35-3)27(34)32-30-15-17-12-21(28)26(24(13-17)37-5-2)38-16-25(33)31-20-9-7-19(29)8-10-20/h6-15H,4-5,16H2,1-3H3,(H,31,33)(H,32,34)/b30-15+. The highest BCUT2D eigenvalue weighted by Gasteiger charge is 2.15. The van der Waals surface area contributed by atoms with Crippen LogP contribution in [0.3, 0.4) is 0 Å². The summed E-state index contributed by atoms with van der Waals surface area (Å²) >= 11 is 9.33. The van der Waals surface area contributed by atoms with Crippen molar-refractivity contribution in [1.82, 2.24) is 5.43 Å². The first kappa shape index (κ1) is 28.8. The van der Waals surface area contributed by atoms with Crippen molar-refractivity contribution in [3.05, 3.63) is 75.2 Å². The number of anilines is 1. The van der Waals surface area contributed by atoms with Crippen LogP contribution >= 0.6 is 27.5 Å². The first-order valence-corrected chi connectivity index (χ1v) is 12.8. The minimum Gasteiger partial charge on any atom is -0.493 e. The average Bonchev–Trinajstić information content (AvgIpc) is 2.90. The number of carbonyl (C=O) groups is 2. The number of benzene rings is 3. The van der Waals surface area contributed by atoms with Crippen molar-refractivity contribution < 1.29 is 28.5 Å². The molecule has 0 bridgehead atoms. The Morgan fingerprint density at radius 3 is 2.34 bits per heavy atom. The van der Waals surface area contributed by atoms with Crippen molar-refractivity contribution in [3.8, 4) is 23.0 Å². The predicted molar refractivity (Wildman–Crippen MR) is 150 cm³/mol. The molecule has 0 aromatic heterocycles. The minimum absolute atomic E-state index is 0.240. The molecule has 0 spiro atoms. The molecule has 2 amide bonds. The van der Waals surface area contributed by atoms with Crippen LogP contribution < -0.4 is 29.7 Å². The molecular formula is C27H27BrClN3O6. The zero-order valence-electron chi connectivity index (χ0n) is 21.0. The molecule has 0 fully saturated rings. The van der Waals surface area contributed by atoms with Gasteiger partial charge >= 0.3 is 0 Å². The predicted octanol–water partition coefficient (Wildman–Crippen LogP) is 5.69. The third-order valence-corrected chi connectivity index (χ3v) is 5.75. The van der Waals surface area contributed by atoms with Crippen LogP contribution in [-0.2, 0) is 4.79 Å². The van der Waals surface area contributed by atoms with E-state index < -0.39 is 5.91 Å². The quantitative estimate of drug-likeness (QED) is 0.203. The lowest BCUT2D eigenvalue weighted by Gasteiger charge is -2.14. The Morgan fingerprint density at radius 1 is 0.947 bits per heavy atom. The number of hydrogen-bond donors (Lipinski definition) is 2. The molecule has 3 aromatic rings. The van der Waals surface area contributed by atoms with E-state index in [0.717, 1.165) is 0 Å². The van der Waals surface area contributed by atoms with E-state index in [4.69, 9.17) is 30.5 Å².